The number of rotatable bonds is 6. The zero-order valence-electron chi connectivity index (χ0n) is 15.3. The molecule has 0 saturated heterocycles. The second kappa shape index (κ2) is 7.14. The second-order valence-corrected chi connectivity index (χ2v) is 6.52. The van der Waals surface area contributed by atoms with Crippen LogP contribution >= 0.6 is 0 Å². The molecule has 1 aliphatic heterocycles. The smallest absolute Gasteiger partial charge is 0.241 e. The van der Waals surface area contributed by atoms with Crippen LogP contribution < -0.4 is 14.8 Å². The number of hydrogen-bond acceptors (Lipinski definition) is 5. The van der Waals surface area contributed by atoms with E-state index in [0.29, 0.717) is 0 Å². The molecule has 1 N–H and O–H groups in total. The highest BCUT2D eigenvalue weighted by molar-refractivity contribution is 5.75. The molecule has 2 aromatic heterocycles. The van der Waals surface area contributed by atoms with Gasteiger partial charge in [-0.05, 0) is 24.1 Å². The Labute approximate surface area is 156 Å². The summed E-state index contributed by atoms with van der Waals surface area (Å²) >= 11 is 0. The summed E-state index contributed by atoms with van der Waals surface area (Å²) in [6.45, 7) is 2.60. The Morgan fingerprint density at radius 2 is 2.19 bits per heavy atom. The molecule has 8 nitrogen and oxygen atoms in total. The summed E-state index contributed by atoms with van der Waals surface area (Å²) in [5.74, 6) is 2.61. The average Bonchev–Trinajstić information content (AvgIpc) is 3.40. The van der Waals surface area contributed by atoms with Gasteiger partial charge in [0.1, 0.15) is 12.4 Å². The maximum absolute atomic E-state index is 11.5. The van der Waals surface area contributed by atoms with Crippen LogP contribution in [0.3, 0.4) is 0 Å². The van der Waals surface area contributed by atoms with Crippen molar-refractivity contribution in [1.82, 2.24) is 24.6 Å². The van der Waals surface area contributed by atoms with Crippen molar-refractivity contribution in [2.75, 3.05) is 13.8 Å². The minimum Gasteiger partial charge on any atom is -0.454 e. The summed E-state index contributed by atoms with van der Waals surface area (Å²) in [6.07, 6.45) is 8.09. The molecule has 8 heteroatoms. The predicted octanol–water partition coefficient (Wildman–Crippen LogP) is 1.89. The van der Waals surface area contributed by atoms with Crippen LogP contribution in [-0.4, -0.2) is 39.1 Å². The van der Waals surface area contributed by atoms with Gasteiger partial charge in [-0.15, -0.1) is 0 Å². The molecule has 3 heterocycles. The largest absolute Gasteiger partial charge is 0.454 e. The van der Waals surface area contributed by atoms with Gasteiger partial charge in [-0.25, -0.2) is 4.98 Å². The molecule has 0 saturated carbocycles. The fraction of sp³-hybridized carbons (Fsp3) is 0.316. The van der Waals surface area contributed by atoms with E-state index in [-0.39, 0.29) is 25.2 Å². The Morgan fingerprint density at radius 1 is 1.33 bits per heavy atom. The summed E-state index contributed by atoms with van der Waals surface area (Å²) in [5.41, 5.74) is 2.04. The van der Waals surface area contributed by atoms with E-state index in [1.807, 2.05) is 29.1 Å². The number of imidazole rings is 1. The number of carbonyl (C=O) groups excluding carboxylic acids is 1. The molecule has 27 heavy (non-hydrogen) atoms. The zero-order valence-corrected chi connectivity index (χ0v) is 15.3. The highest BCUT2D eigenvalue weighted by atomic mass is 16.7. The van der Waals surface area contributed by atoms with Gasteiger partial charge in [0.2, 0.25) is 12.7 Å². The first-order chi connectivity index (χ1) is 13.1. The van der Waals surface area contributed by atoms with Crippen LogP contribution in [0.25, 0.3) is 5.69 Å². The van der Waals surface area contributed by atoms with Crippen molar-refractivity contribution in [1.29, 1.82) is 0 Å². The number of hydrogen-bond donors (Lipinski definition) is 1. The van der Waals surface area contributed by atoms with Gasteiger partial charge >= 0.3 is 0 Å². The summed E-state index contributed by atoms with van der Waals surface area (Å²) in [6, 6.07) is 6.02. The first-order valence-corrected chi connectivity index (χ1v) is 8.79. The van der Waals surface area contributed by atoms with Crippen molar-refractivity contribution in [3.8, 4) is 17.2 Å². The topological polar surface area (TPSA) is 83.2 Å². The van der Waals surface area contributed by atoms with E-state index >= 15 is 0 Å². The first kappa shape index (κ1) is 17.1. The van der Waals surface area contributed by atoms with Gasteiger partial charge in [0.05, 0.1) is 11.9 Å². The van der Waals surface area contributed by atoms with Gasteiger partial charge < -0.3 is 19.4 Å². The van der Waals surface area contributed by atoms with Crippen molar-refractivity contribution in [3.05, 3.63) is 54.4 Å². The zero-order chi connectivity index (χ0) is 18.8. The lowest BCUT2D eigenvalue weighted by atomic mass is 10.00. The van der Waals surface area contributed by atoms with Gasteiger partial charge in [-0.1, -0.05) is 13.0 Å². The van der Waals surface area contributed by atoms with Crippen LogP contribution in [0.4, 0.5) is 0 Å². The van der Waals surface area contributed by atoms with Crippen molar-refractivity contribution in [2.45, 2.75) is 25.8 Å². The third-order valence-corrected chi connectivity index (χ3v) is 4.57. The van der Waals surface area contributed by atoms with Crippen molar-refractivity contribution >= 4 is 5.91 Å². The van der Waals surface area contributed by atoms with Crippen LogP contribution in [0.2, 0.25) is 0 Å². The van der Waals surface area contributed by atoms with Gasteiger partial charge in [0.25, 0.3) is 0 Å². The Hall–Kier alpha value is -3.29. The third kappa shape index (κ3) is 3.51. The van der Waals surface area contributed by atoms with Gasteiger partial charge in [0.15, 0.2) is 11.5 Å². The molecular formula is C19H21N5O3. The molecule has 1 aromatic carbocycles. The average molecular weight is 367 g/mol. The summed E-state index contributed by atoms with van der Waals surface area (Å²) in [4.78, 5) is 16.1. The molecule has 0 radical (unpaired) electrons. The highest BCUT2D eigenvalue weighted by Crippen LogP contribution is 2.34. The number of carbonyl (C=O) groups is 1. The van der Waals surface area contributed by atoms with Crippen molar-refractivity contribution in [3.63, 3.8) is 0 Å². The number of fused-ring (bicyclic) bond motifs is 1. The highest BCUT2D eigenvalue weighted by Gasteiger charge is 2.18. The number of aromatic nitrogens is 4. The van der Waals surface area contributed by atoms with E-state index < -0.39 is 0 Å². The van der Waals surface area contributed by atoms with Crippen LogP contribution in [0, 0.1) is 0 Å². The summed E-state index contributed by atoms with van der Waals surface area (Å²) < 4.78 is 14.4. The van der Waals surface area contributed by atoms with Crippen LogP contribution in [-0.2, 0) is 17.8 Å². The van der Waals surface area contributed by atoms with Crippen LogP contribution in [0.5, 0.6) is 11.5 Å². The van der Waals surface area contributed by atoms with Crippen LogP contribution in [0.15, 0.2) is 43.0 Å². The molecule has 0 aliphatic carbocycles. The molecule has 140 valence electrons. The maximum atomic E-state index is 11.5. The molecule has 4 rings (SSSR count). The molecule has 3 aromatic rings. The van der Waals surface area contributed by atoms with Crippen molar-refractivity contribution in [2.24, 2.45) is 0 Å². The minimum absolute atomic E-state index is 0.0910. The second-order valence-electron chi connectivity index (χ2n) is 6.52. The predicted molar refractivity (Wildman–Crippen MR) is 98.1 cm³/mol. The Bertz CT molecular complexity index is 962. The lowest BCUT2D eigenvalue weighted by Crippen LogP contribution is -2.23. The molecule has 1 atom stereocenters. The molecule has 1 amide bonds. The Morgan fingerprint density at radius 3 is 3.04 bits per heavy atom. The number of ether oxygens (including phenoxy) is 2. The fourth-order valence-corrected chi connectivity index (χ4v) is 3.20. The summed E-state index contributed by atoms with van der Waals surface area (Å²) in [7, 11) is 1.61. The molecule has 1 unspecified atom stereocenters. The van der Waals surface area contributed by atoms with Crippen molar-refractivity contribution < 1.29 is 14.3 Å². The quantitative estimate of drug-likeness (QED) is 0.719. The number of amides is 1. The van der Waals surface area contributed by atoms with E-state index in [2.05, 4.69) is 28.4 Å². The van der Waals surface area contributed by atoms with Gasteiger partial charge in [0, 0.05) is 31.6 Å². The molecule has 0 spiro atoms. The van der Waals surface area contributed by atoms with Gasteiger partial charge in [-0.2, -0.15) is 5.10 Å². The number of nitrogens with one attached hydrogen (secondary N) is 1. The van der Waals surface area contributed by atoms with Crippen LogP contribution in [0.1, 0.15) is 24.2 Å². The molecule has 1 aliphatic rings. The van der Waals surface area contributed by atoms with E-state index in [0.717, 1.165) is 35.0 Å². The van der Waals surface area contributed by atoms with E-state index in [9.17, 15) is 4.79 Å². The van der Waals surface area contributed by atoms with Gasteiger partial charge in [-0.3, -0.25) is 9.48 Å². The third-order valence-electron chi connectivity index (χ3n) is 4.57. The SMILES string of the molecule is CNC(=O)Cn1cc(-n2ccnc2C(C)Cc2ccc3c(c2)OCO3)cn1. The molecular weight excluding hydrogens is 346 g/mol. The standard InChI is InChI=1S/C19H21N5O3/c1-13(7-14-3-4-16-17(8-14)27-12-26-16)19-21-5-6-24(19)15-9-22-23(10-15)11-18(25)20-2/h3-6,8-10,13H,7,11-12H2,1-2H3,(H,20,25). The first-order valence-electron chi connectivity index (χ1n) is 8.79. The summed E-state index contributed by atoms with van der Waals surface area (Å²) in [5, 5.41) is 6.85. The lowest BCUT2D eigenvalue weighted by molar-refractivity contribution is -0.121. The van der Waals surface area contributed by atoms with E-state index in [1.54, 1.807) is 24.1 Å². The van der Waals surface area contributed by atoms with E-state index in [4.69, 9.17) is 9.47 Å². The Balaban J connectivity index is 1.52. The molecule has 0 fully saturated rings. The maximum Gasteiger partial charge on any atom is 0.241 e. The molecule has 0 bridgehead atoms. The Kier molecular flexibility index (Phi) is 4.53. The number of nitrogens with zero attached hydrogens (tertiary/aromatic N) is 4. The normalized spacial score (nSPS) is 13.6. The minimum atomic E-state index is -0.0910. The number of likely N-dealkylation sites (N-methyl/N-ethyl adjacent to an activating group) is 1. The lowest BCUT2D eigenvalue weighted by Gasteiger charge is -2.13. The fourth-order valence-electron chi connectivity index (χ4n) is 3.20. The monoisotopic (exact) mass is 367 g/mol. The van der Waals surface area contributed by atoms with E-state index in [1.165, 1.54) is 0 Å². The number of benzene rings is 1.